The first-order valence-electron chi connectivity index (χ1n) is 9.59. The molecule has 0 aliphatic carbocycles. The Kier molecular flexibility index (Phi) is 8.13. The maximum absolute atomic E-state index is 12.4. The second-order valence-electron chi connectivity index (χ2n) is 6.42. The molecule has 164 valence electrons. The molecule has 0 heterocycles. The molecule has 31 heavy (non-hydrogen) atoms. The van der Waals surface area contributed by atoms with Crippen molar-refractivity contribution in [1.29, 1.82) is 0 Å². The van der Waals surface area contributed by atoms with Crippen molar-refractivity contribution in [3.05, 3.63) is 63.7 Å². The van der Waals surface area contributed by atoms with Gasteiger partial charge in [0.1, 0.15) is 5.75 Å². The Morgan fingerprint density at radius 2 is 1.81 bits per heavy atom. The summed E-state index contributed by atoms with van der Waals surface area (Å²) in [6.07, 6.45) is 2.65. The summed E-state index contributed by atoms with van der Waals surface area (Å²) in [5, 5.41) is 20.9. The lowest BCUT2D eigenvalue weighted by molar-refractivity contribution is -0.386. The third-order valence-electron chi connectivity index (χ3n) is 4.54. The summed E-state index contributed by atoms with van der Waals surface area (Å²) in [5.74, 6) is -0.639. The van der Waals surface area contributed by atoms with E-state index in [1.54, 1.807) is 29.2 Å². The van der Waals surface area contributed by atoms with Crippen molar-refractivity contribution < 1.29 is 29.1 Å². The zero-order chi connectivity index (χ0) is 23.0. The molecule has 9 nitrogen and oxygen atoms in total. The number of aromatic hydroxyl groups is 1. The van der Waals surface area contributed by atoms with Crippen LogP contribution in [0.15, 0.2) is 42.5 Å². The smallest absolute Gasteiger partial charge is 0.315 e. The second-order valence-corrected chi connectivity index (χ2v) is 6.42. The zero-order valence-electron chi connectivity index (χ0n) is 17.5. The molecule has 9 heteroatoms. The third kappa shape index (κ3) is 6.05. The predicted octanol–water partition coefficient (Wildman–Crippen LogP) is 3.45. The quantitative estimate of drug-likeness (QED) is 0.266. The van der Waals surface area contributed by atoms with Gasteiger partial charge in [0, 0.05) is 24.7 Å². The molecule has 0 spiro atoms. The van der Waals surface area contributed by atoms with E-state index in [0.29, 0.717) is 30.0 Å². The first kappa shape index (κ1) is 23.4. The number of benzene rings is 2. The fraction of sp³-hybridized carbons (Fsp3) is 0.273. The molecule has 0 aliphatic heterocycles. The van der Waals surface area contributed by atoms with E-state index >= 15 is 0 Å². The van der Waals surface area contributed by atoms with Gasteiger partial charge in [0.05, 0.1) is 12.0 Å². The van der Waals surface area contributed by atoms with E-state index in [1.165, 1.54) is 25.3 Å². The van der Waals surface area contributed by atoms with Crippen LogP contribution in [0.4, 0.5) is 5.69 Å². The number of methoxy groups -OCH3 is 1. The van der Waals surface area contributed by atoms with E-state index in [9.17, 15) is 24.8 Å². The lowest BCUT2D eigenvalue weighted by atomic mass is 10.1. The van der Waals surface area contributed by atoms with Crippen molar-refractivity contribution in [2.24, 2.45) is 0 Å². The van der Waals surface area contributed by atoms with E-state index in [1.807, 2.05) is 13.8 Å². The Morgan fingerprint density at radius 1 is 1.16 bits per heavy atom. The largest absolute Gasteiger partial charge is 0.500 e. The molecule has 0 bridgehead atoms. The van der Waals surface area contributed by atoms with Gasteiger partial charge in [-0.2, -0.15) is 0 Å². The summed E-state index contributed by atoms with van der Waals surface area (Å²) in [5.41, 5.74) is 0.177. The maximum Gasteiger partial charge on any atom is 0.315 e. The number of ketones is 1. The number of nitro groups is 1. The SMILES string of the molecule is CCN(CC)C(=O)COc1ccc(C(=O)/C=C/c2cc(OC)c(O)c([N+](=O)[O-])c2)cc1. The summed E-state index contributed by atoms with van der Waals surface area (Å²) in [6.45, 7) is 4.91. The minimum atomic E-state index is -0.735. The van der Waals surface area contributed by atoms with E-state index in [2.05, 4.69) is 0 Å². The van der Waals surface area contributed by atoms with Crippen LogP contribution in [-0.4, -0.2) is 53.4 Å². The Hall–Kier alpha value is -3.88. The number of likely N-dealkylation sites (N-methyl/N-ethyl adjacent to an activating group) is 1. The zero-order valence-corrected chi connectivity index (χ0v) is 17.5. The number of allylic oxidation sites excluding steroid dienone is 1. The van der Waals surface area contributed by atoms with Gasteiger partial charge in [0.25, 0.3) is 5.91 Å². The molecule has 0 aliphatic rings. The summed E-state index contributed by atoms with van der Waals surface area (Å²) in [6, 6.07) is 8.82. The Labute approximate surface area is 179 Å². The van der Waals surface area contributed by atoms with Crippen LogP contribution < -0.4 is 9.47 Å². The maximum atomic E-state index is 12.4. The highest BCUT2D eigenvalue weighted by Gasteiger charge is 2.19. The monoisotopic (exact) mass is 428 g/mol. The first-order chi connectivity index (χ1) is 14.8. The van der Waals surface area contributed by atoms with E-state index < -0.39 is 16.4 Å². The van der Waals surface area contributed by atoms with E-state index in [-0.39, 0.29) is 24.0 Å². The fourth-order valence-electron chi connectivity index (χ4n) is 2.80. The van der Waals surface area contributed by atoms with Crippen LogP contribution in [0.2, 0.25) is 0 Å². The number of nitrogens with zero attached hydrogens (tertiary/aromatic N) is 2. The molecule has 1 N–H and O–H groups in total. The van der Waals surface area contributed by atoms with Crippen LogP contribution in [0.3, 0.4) is 0 Å². The van der Waals surface area contributed by atoms with Crippen molar-refractivity contribution in [2.45, 2.75) is 13.8 Å². The number of rotatable bonds is 10. The molecule has 0 saturated carbocycles. The van der Waals surface area contributed by atoms with Gasteiger partial charge in [-0.15, -0.1) is 0 Å². The predicted molar refractivity (Wildman–Crippen MR) is 115 cm³/mol. The van der Waals surface area contributed by atoms with Crippen molar-refractivity contribution >= 4 is 23.5 Å². The normalized spacial score (nSPS) is 10.7. The lowest BCUT2D eigenvalue weighted by Crippen LogP contribution is -2.34. The minimum absolute atomic E-state index is 0.0675. The highest BCUT2D eigenvalue weighted by atomic mass is 16.6. The first-order valence-corrected chi connectivity index (χ1v) is 9.59. The summed E-state index contributed by atoms with van der Waals surface area (Å²) in [7, 11) is 1.27. The Morgan fingerprint density at radius 3 is 2.35 bits per heavy atom. The number of phenols is 1. The van der Waals surface area contributed by atoms with Gasteiger partial charge >= 0.3 is 5.69 Å². The highest BCUT2D eigenvalue weighted by molar-refractivity contribution is 6.06. The number of ether oxygens (including phenoxy) is 2. The molecule has 2 rings (SSSR count). The fourth-order valence-corrected chi connectivity index (χ4v) is 2.80. The Bertz CT molecular complexity index is 980. The number of phenolic OH excluding ortho intramolecular Hbond substituents is 1. The van der Waals surface area contributed by atoms with Gasteiger partial charge in [-0.1, -0.05) is 6.08 Å². The van der Waals surface area contributed by atoms with Gasteiger partial charge < -0.3 is 19.5 Å². The van der Waals surface area contributed by atoms with Crippen LogP contribution >= 0.6 is 0 Å². The summed E-state index contributed by atoms with van der Waals surface area (Å²) >= 11 is 0. The number of amides is 1. The Balaban J connectivity index is 2.08. The lowest BCUT2D eigenvalue weighted by Gasteiger charge is -2.18. The molecule has 0 radical (unpaired) electrons. The molecule has 2 aromatic carbocycles. The van der Waals surface area contributed by atoms with Gasteiger partial charge in [-0.3, -0.25) is 19.7 Å². The average Bonchev–Trinajstić information content (AvgIpc) is 2.77. The van der Waals surface area contributed by atoms with Crippen LogP contribution in [-0.2, 0) is 4.79 Å². The minimum Gasteiger partial charge on any atom is -0.500 e. The third-order valence-corrected chi connectivity index (χ3v) is 4.54. The number of carbonyl (C=O) groups is 2. The van der Waals surface area contributed by atoms with Crippen molar-refractivity contribution in [2.75, 3.05) is 26.8 Å². The molecule has 0 fully saturated rings. The van der Waals surface area contributed by atoms with E-state index in [0.717, 1.165) is 6.07 Å². The molecule has 0 aromatic heterocycles. The van der Waals surface area contributed by atoms with Crippen LogP contribution in [0.25, 0.3) is 6.08 Å². The molecule has 0 atom stereocenters. The molecular formula is C22H24N2O7. The molecular weight excluding hydrogens is 404 g/mol. The summed E-state index contributed by atoms with van der Waals surface area (Å²) < 4.78 is 10.4. The van der Waals surface area contributed by atoms with Gasteiger partial charge in [0.15, 0.2) is 18.1 Å². The van der Waals surface area contributed by atoms with Crippen molar-refractivity contribution in [1.82, 2.24) is 4.90 Å². The van der Waals surface area contributed by atoms with Crippen LogP contribution in [0.1, 0.15) is 29.8 Å². The topological polar surface area (TPSA) is 119 Å². The number of hydrogen-bond acceptors (Lipinski definition) is 7. The standard InChI is InChI=1S/C22H24N2O7/c1-4-23(5-2)21(26)14-31-17-9-7-16(8-10-17)19(25)11-6-15-12-18(24(28)29)22(27)20(13-15)30-3/h6-13,27H,4-5,14H2,1-3H3/b11-6+. The van der Waals surface area contributed by atoms with Crippen molar-refractivity contribution in [3.63, 3.8) is 0 Å². The average molecular weight is 428 g/mol. The number of carbonyl (C=O) groups excluding carboxylic acids is 2. The van der Waals surface area contributed by atoms with Crippen molar-refractivity contribution in [3.8, 4) is 17.2 Å². The molecule has 0 saturated heterocycles. The number of nitro benzene ring substituents is 1. The van der Waals surface area contributed by atoms with Crippen LogP contribution in [0, 0.1) is 10.1 Å². The van der Waals surface area contributed by atoms with Gasteiger partial charge in [0.2, 0.25) is 5.75 Å². The van der Waals surface area contributed by atoms with Gasteiger partial charge in [-0.25, -0.2) is 0 Å². The molecule has 0 unspecified atom stereocenters. The van der Waals surface area contributed by atoms with Gasteiger partial charge in [-0.05, 0) is 55.8 Å². The second kappa shape index (κ2) is 10.8. The van der Waals surface area contributed by atoms with Crippen LogP contribution in [0.5, 0.6) is 17.2 Å². The molecule has 1 amide bonds. The van der Waals surface area contributed by atoms with E-state index in [4.69, 9.17) is 9.47 Å². The summed E-state index contributed by atoms with van der Waals surface area (Å²) in [4.78, 5) is 36.4. The number of hydrogen-bond donors (Lipinski definition) is 1. The highest BCUT2D eigenvalue weighted by Crippen LogP contribution is 2.37. The molecule has 2 aromatic rings.